The minimum absolute atomic E-state index is 0.0452. The molecule has 0 bridgehead atoms. The van der Waals surface area contributed by atoms with Gasteiger partial charge in [0.05, 0.1) is 23.2 Å². The van der Waals surface area contributed by atoms with Crippen LogP contribution in [0.25, 0.3) is 5.76 Å². The van der Waals surface area contributed by atoms with Crippen LogP contribution < -0.4 is 4.90 Å². The van der Waals surface area contributed by atoms with Gasteiger partial charge in [0.25, 0.3) is 11.7 Å². The largest absolute Gasteiger partial charge is 0.507 e. The Morgan fingerprint density at radius 2 is 1.61 bits per heavy atom. The SMILES string of the molecule is Cc1ccc(/C(O)=C2/C(=O)C(=O)N(c3ccc(C#N)cc3)C2c2ccccc2)cc1C. The van der Waals surface area contributed by atoms with E-state index < -0.39 is 17.7 Å². The normalized spacial score (nSPS) is 17.6. The van der Waals surface area contributed by atoms with E-state index in [0.29, 0.717) is 22.4 Å². The monoisotopic (exact) mass is 408 g/mol. The maximum Gasteiger partial charge on any atom is 0.300 e. The molecule has 1 saturated heterocycles. The summed E-state index contributed by atoms with van der Waals surface area (Å²) in [6, 6.07) is 22.3. The van der Waals surface area contributed by atoms with Crippen molar-refractivity contribution in [2.75, 3.05) is 4.90 Å². The summed E-state index contributed by atoms with van der Waals surface area (Å²) in [5, 5.41) is 20.2. The van der Waals surface area contributed by atoms with Crippen molar-refractivity contribution in [3.05, 3.63) is 106 Å². The van der Waals surface area contributed by atoms with Crippen LogP contribution in [0.5, 0.6) is 0 Å². The Balaban J connectivity index is 1.93. The van der Waals surface area contributed by atoms with Crippen molar-refractivity contribution in [1.29, 1.82) is 5.26 Å². The molecule has 0 radical (unpaired) electrons. The molecular formula is C26H20N2O3. The van der Waals surface area contributed by atoms with E-state index in [1.165, 1.54) is 4.90 Å². The Morgan fingerprint density at radius 3 is 2.23 bits per heavy atom. The fourth-order valence-corrected chi connectivity index (χ4v) is 3.79. The molecule has 0 saturated carbocycles. The van der Waals surface area contributed by atoms with Gasteiger partial charge >= 0.3 is 0 Å². The highest BCUT2D eigenvalue weighted by Gasteiger charge is 2.46. The molecule has 1 heterocycles. The predicted molar refractivity (Wildman–Crippen MR) is 118 cm³/mol. The summed E-state index contributed by atoms with van der Waals surface area (Å²) < 4.78 is 0. The molecule has 1 fully saturated rings. The smallest absolute Gasteiger partial charge is 0.300 e. The molecule has 0 aliphatic carbocycles. The first-order chi connectivity index (χ1) is 14.9. The third kappa shape index (κ3) is 3.49. The number of Topliss-reactive ketones (excluding diaryl/α,β-unsaturated/α-hetero) is 1. The fourth-order valence-electron chi connectivity index (χ4n) is 3.79. The van der Waals surface area contributed by atoms with E-state index in [2.05, 4.69) is 0 Å². The second kappa shape index (κ2) is 7.92. The molecule has 1 amide bonds. The highest BCUT2D eigenvalue weighted by Crippen LogP contribution is 2.42. The van der Waals surface area contributed by atoms with Gasteiger partial charge in [0.2, 0.25) is 0 Å². The van der Waals surface area contributed by atoms with Gasteiger partial charge in [0, 0.05) is 11.3 Å². The van der Waals surface area contributed by atoms with Crippen LogP contribution in [-0.4, -0.2) is 16.8 Å². The van der Waals surface area contributed by atoms with Crippen LogP contribution in [0.15, 0.2) is 78.4 Å². The minimum atomic E-state index is -0.782. The van der Waals surface area contributed by atoms with Crippen LogP contribution in [0, 0.1) is 25.2 Å². The van der Waals surface area contributed by atoms with Gasteiger partial charge in [-0.2, -0.15) is 5.26 Å². The maximum absolute atomic E-state index is 13.1. The number of amides is 1. The van der Waals surface area contributed by atoms with Gasteiger partial charge in [-0.05, 0) is 60.9 Å². The molecule has 5 nitrogen and oxygen atoms in total. The van der Waals surface area contributed by atoms with Gasteiger partial charge in [-0.15, -0.1) is 0 Å². The van der Waals surface area contributed by atoms with Crippen molar-refractivity contribution in [2.24, 2.45) is 0 Å². The average Bonchev–Trinajstić information content (AvgIpc) is 3.06. The molecule has 1 N–H and O–H groups in total. The molecule has 1 unspecified atom stereocenters. The lowest BCUT2D eigenvalue weighted by atomic mass is 9.94. The first-order valence-corrected chi connectivity index (χ1v) is 9.86. The summed E-state index contributed by atoms with van der Waals surface area (Å²) in [7, 11) is 0. The van der Waals surface area contributed by atoms with E-state index >= 15 is 0 Å². The number of hydrogen-bond acceptors (Lipinski definition) is 4. The number of benzene rings is 3. The molecule has 31 heavy (non-hydrogen) atoms. The topological polar surface area (TPSA) is 81.4 Å². The summed E-state index contributed by atoms with van der Waals surface area (Å²) in [5.74, 6) is -1.66. The molecule has 4 rings (SSSR count). The number of aliphatic hydroxyl groups is 1. The number of aliphatic hydroxyl groups excluding tert-OH is 1. The second-order valence-corrected chi connectivity index (χ2v) is 7.54. The Labute approximate surface area is 180 Å². The Hall–Kier alpha value is -4.17. The number of nitriles is 1. The van der Waals surface area contributed by atoms with Gasteiger partial charge in [0.1, 0.15) is 5.76 Å². The lowest BCUT2D eigenvalue weighted by Gasteiger charge is -2.25. The standard InChI is InChI=1S/C26H20N2O3/c1-16-8-11-20(14-17(16)2)24(29)22-23(19-6-4-3-5-7-19)28(26(31)25(22)30)21-12-9-18(15-27)10-13-21/h3-14,23,29H,1-2H3/b24-22-. The third-order valence-corrected chi connectivity index (χ3v) is 5.61. The fraction of sp³-hybridized carbons (Fsp3) is 0.115. The number of hydrogen-bond donors (Lipinski definition) is 1. The van der Waals surface area contributed by atoms with Crippen LogP contribution >= 0.6 is 0 Å². The number of rotatable bonds is 3. The quantitative estimate of drug-likeness (QED) is 0.383. The van der Waals surface area contributed by atoms with E-state index in [1.54, 1.807) is 30.3 Å². The van der Waals surface area contributed by atoms with Gasteiger partial charge in [-0.1, -0.05) is 42.5 Å². The molecule has 0 aromatic heterocycles. The highest BCUT2D eigenvalue weighted by molar-refractivity contribution is 6.51. The maximum atomic E-state index is 13.1. The molecular weight excluding hydrogens is 388 g/mol. The number of carbonyl (C=O) groups is 2. The number of ketones is 1. The van der Waals surface area contributed by atoms with Gasteiger partial charge < -0.3 is 5.11 Å². The van der Waals surface area contributed by atoms with Crippen LogP contribution in [0.4, 0.5) is 5.69 Å². The highest BCUT2D eigenvalue weighted by atomic mass is 16.3. The van der Waals surface area contributed by atoms with Crippen molar-refractivity contribution in [2.45, 2.75) is 19.9 Å². The average molecular weight is 408 g/mol. The van der Waals surface area contributed by atoms with Crippen LogP contribution in [0.2, 0.25) is 0 Å². The summed E-state index contributed by atoms with van der Waals surface area (Å²) in [6.07, 6.45) is 0. The van der Waals surface area contributed by atoms with Crippen LogP contribution in [0.1, 0.15) is 33.9 Å². The first kappa shape index (κ1) is 20.1. The Bertz CT molecular complexity index is 1250. The van der Waals surface area contributed by atoms with Crippen molar-refractivity contribution in [3.8, 4) is 6.07 Å². The predicted octanol–water partition coefficient (Wildman–Crippen LogP) is 4.80. The van der Waals surface area contributed by atoms with Crippen molar-refractivity contribution >= 4 is 23.1 Å². The zero-order valence-electron chi connectivity index (χ0n) is 17.2. The summed E-state index contributed by atoms with van der Waals surface area (Å²) in [4.78, 5) is 27.6. The van der Waals surface area contributed by atoms with Gasteiger partial charge in [-0.3, -0.25) is 14.5 Å². The minimum Gasteiger partial charge on any atom is -0.507 e. The van der Waals surface area contributed by atoms with Gasteiger partial charge in [0.15, 0.2) is 0 Å². The summed E-state index contributed by atoms with van der Waals surface area (Å²) in [6.45, 7) is 3.89. The third-order valence-electron chi connectivity index (χ3n) is 5.61. The van der Waals surface area contributed by atoms with E-state index in [4.69, 9.17) is 5.26 Å². The van der Waals surface area contributed by atoms with E-state index in [1.807, 2.05) is 62.4 Å². The van der Waals surface area contributed by atoms with E-state index in [9.17, 15) is 14.7 Å². The molecule has 152 valence electrons. The first-order valence-electron chi connectivity index (χ1n) is 9.86. The van der Waals surface area contributed by atoms with Crippen LogP contribution in [0.3, 0.4) is 0 Å². The van der Waals surface area contributed by atoms with E-state index in [0.717, 1.165) is 11.1 Å². The van der Waals surface area contributed by atoms with Crippen molar-refractivity contribution in [3.63, 3.8) is 0 Å². The Kier molecular flexibility index (Phi) is 5.14. The Morgan fingerprint density at radius 1 is 0.935 bits per heavy atom. The molecule has 3 aromatic carbocycles. The number of anilines is 1. The summed E-state index contributed by atoms with van der Waals surface area (Å²) in [5.41, 5.74) is 4.21. The zero-order chi connectivity index (χ0) is 22.1. The molecule has 1 aliphatic heterocycles. The zero-order valence-corrected chi connectivity index (χ0v) is 17.2. The summed E-state index contributed by atoms with van der Waals surface area (Å²) >= 11 is 0. The number of aryl methyl sites for hydroxylation is 2. The van der Waals surface area contributed by atoms with Crippen molar-refractivity contribution < 1.29 is 14.7 Å². The second-order valence-electron chi connectivity index (χ2n) is 7.54. The molecule has 1 atom stereocenters. The number of nitrogens with zero attached hydrogens (tertiary/aromatic N) is 2. The lowest BCUT2D eigenvalue weighted by Crippen LogP contribution is -2.29. The molecule has 5 heteroatoms. The molecule has 0 spiro atoms. The lowest BCUT2D eigenvalue weighted by molar-refractivity contribution is -0.132. The molecule has 3 aromatic rings. The van der Waals surface area contributed by atoms with Gasteiger partial charge in [-0.25, -0.2) is 0 Å². The van der Waals surface area contributed by atoms with Crippen molar-refractivity contribution in [1.82, 2.24) is 0 Å². The molecule has 1 aliphatic rings. The van der Waals surface area contributed by atoms with E-state index in [-0.39, 0.29) is 11.3 Å². The van der Waals surface area contributed by atoms with Crippen LogP contribution in [-0.2, 0) is 9.59 Å². The number of carbonyl (C=O) groups excluding carboxylic acids is 2.